The Kier molecular flexibility index (Phi) is 2.80. The molecule has 1 saturated heterocycles. The van der Waals surface area contributed by atoms with Gasteiger partial charge in [0.25, 0.3) is 0 Å². The van der Waals surface area contributed by atoms with Crippen LogP contribution >= 0.6 is 0 Å². The Morgan fingerprint density at radius 2 is 1.72 bits per heavy atom. The molecule has 6 rings (SSSR count). The SMILES string of the molecule is C1=C[C@@H]2C[C@H]1CC21COC(c2ccc3oc4ccccc4c3c2)OC1. The molecule has 1 spiro atoms. The predicted octanol–water partition coefficient (Wildman–Crippen LogP) is 5.21. The van der Waals surface area contributed by atoms with Crippen molar-refractivity contribution in [3.8, 4) is 0 Å². The van der Waals surface area contributed by atoms with Crippen LogP contribution < -0.4 is 0 Å². The lowest BCUT2D eigenvalue weighted by Gasteiger charge is -2.41. The molecule has 3 heteroatoms. The molecule has 2 aliphatic carbocycles. The van der Waals surface area contributed by atoms with Crippen LogP contribution in [0.25, 0.3) is 21.9 Å². The minimum Gasteiger partial charge on any atom is -0.456 e. The van der Waals surface area contributed by atoms with Gasteiger partial charge in [-0.2, -0.15) is 0 Å². The average molecular weight is 332 g/mol. The second-order valence-corrected chi connectivity index (χ2v) is 7.86. The van der Waals surface area contributed by atoms with Gasteiger partial charge < -0.3 is 13.9 Å². The van der Waals surface area contributed by atoms with Gasteiger partial charge in [-0.1, -0.05) is 36.4 Å². The Morgan fingerprint density at radius 3 is 2.52 bits per heavy atom. The number of benzene rings is 2. The summed E-state index contributed by atoms with van der Waals surface area (Å²) < 4.78 is 18.3. The first kappa shape index (κ1) is 14.1. The van der Waals surface area contributed by atoms with E-state index in [1.165, 1.54) is 12.8 Å². The molecule has 2 heterocycles. The van der Waals surface area contributed by atoms with Gasteiger partial charge in [0.2, 0.25) is 0 Å². The number of fused-ring (bicyclic) bond motifs is 6. The molecule has 0 N–H and O–H groups in total. The van der Waals surface area contributed by atoms with E-state index in [0.29, 0.717) is 5.92 Å². The molecule has 2 bridgehead atoms. The van der Waals surface area contributed by atoms with E-state index in [2.05, 4.69) is 30.4 Å². The van der Waals surface area contributed by atoms with E-state index in [1.54, 1.807) is 0 Å². The fraction of sp³-hybridized carbons (Fsp3) is 0.364. The molecule has 0 radical (unpaired) electrons. The van der Waals surface area contributed by atoms with Crippen LogP contribution in [0.5, 0.6) is 0 Å². The van der Waals surface area contributed by atoms with Crippen LogP contribution in [0.2, 0.25) is 0 Å². The fourth-order valence-electron chi connectivity index (χ4n) is 5.04. The minimum absolute atomic E-state index is 0.211. The van der Waals surface area contributed by atoms with E-state index >= 15 is 0 Å². The van der Waals surface area contributed by atoms with Gasteiger partial charge in [-0.15, -0.1) is 0 Å². The highest BCUT2D eigenvalue weighted by Crippen LogP contribution is 2.54. The molecule has 2 aromatic carbocycles. The molecule has 0 amide bonds. The van der Waals surface area contributed by atoms with Crippen molar-refractivity contribution in [3.63, 3.8) is 0 Å². The van der Waals surface area contributed by atoms with E-state index in [1.807, 2.05) is 24.3 Å². The minimum atomic E-state index is -0.271. The summed E-state index contributed by atoms with van der Waals surface area (Å²) in [4.78, 5) is 0. The Hall–Kier alpha value is -2.10. The van der Waals surface area contributed by atoms with Crippen LogP contribution in [0.1, 0.15) is 24.7 Å². The molecule has 3 nitrogen and oxygen atoms in total. The highest BCUT2D eigenvalue weighted by atomic mass is 16.7. The van der Waals surface area contributed by atoms with Crippen molar-refractivity contribution in [1.29, 1.82) is 0 Å². The smallest absolute Gasteiger partial charge is 0.183 e. The van der Waals surface area contributed by atoms with Crippen LogP contribution in [0.15, 0.2) is 59.0 Å². The Bertz CT molecular complexity index is 991. The summed E-state index contributed by atoms with van der Waals surface area (Å²) in [6.07, 6.45) is 6.98. The van der Waals surface area contributed by atoms with E-state index < -0.39 is 0 Å². The zero-order valence-corrected chi connectivity index (χ0v) is 14.0. The third-order valence-corrected chi connectivity index (χ3v) is 6.34. The normalized spacial score (nSPS) is 33.8. The third-order valence-electron chi connectivity index (χ3n) is 6.34. The maximum Gasteiger partial charge on any atom is 0.183 e. The van der Waals surface area contributed by atoms with Crippen LogP contribution in [-0.4, -0.2) is 13.2 Å². The molecular weight excluding hydrogens is 312 g/mol. The maximum absolute atomic E-state index is 6.21. The zero-order chi connectivity index (χ0) is 16.4. The fourth-order valence-corrected chi connectivity index (χ4v) is 5.04. The van der Waals surface area contributed by atoms with Crippen molar-refractivity contribution >= 4 is 21.9 Å². The highest BCUT2D eigenvalue weighted by molar-refractivity contribution is 6.04. The van der Waals surface area contributed by atoms with Crippen molar-refractivity contribution in [2.24, 2.45) is 17.3 Å². The van der Waals surface area contributed by atoms with Crippen molar-refractivity contribution in [2.75, 3.05) is 13.2 Å². The monoisotopic (exact) mass is 332 g/mol. The van der Waals surface area contributed by atoms with Crippen molar-refractivity contribution < 1.29 is 13.9 Å². The van der Waals surface area contributed by atoms with Gasteiger partial charge in [0, 0.05) is 21.8 Å². The summed E-state index contributed by atoms with van der Waals surface area (Å²) in [5.41, 5.74) is 3.12. The van der Waals surface area contributed by atoms with Gasteiger partial charge in [-0.3, -0.25) is 0 Å². The molecule has 2 atom stereocenters. The lowest BCUT2D eigenvalue weighted by molar-refractivity contribution is -0.239. The van der Waals surface area contributed by atoms with Crippen molar-refractivity contribution in [1.82, 2.24) is 0 Å². The largest absolute Gasteiger partial charge is 0.456 e. The van der Waals surface area contributed by atoms with E-state index in [9.17, 15) is 0 Å². The Balaban J connectivity index is 1.31. The molecule has 3 aromatic rings. The lowest BCUT2D eigenvalue weighted by atomic mass is 9.76. The molecule has 1 saturated carbocycles. The van der Waals surface area contributed by atoms with E-state index in [-0.39, 0.29) is 11.7 Å². The second kappa shape index (κ2) is 4.96. The molecule has 1 aromatic heterocycles. The highest BCUT2D eigenvalue weighted by Gasteiger charge is 2.51. The summed E-state index contributed by atoms with van der Waals surface area (Å²) >= 11 is 0. The lowest BCUT2D eigenvalue weighted by Crippen LogP contribution is -2.41. The molecule has 3 aliphatic rings. The molecule has 0 unspecified atom stereocenters. The molecule has 2 fully saturated rings. The first-order chi connectivity index (χ1) is 12.3. The number of rotatable bonds is 1. The van der Waals surface area contributed by atoms with Crippen LogP contribution in [0, 0.1) is 17.3 Å². The quantitative estimate of drug-likeness (QED) is 0.573. The predicted molar refractivity (Wildman–Crippen MR) is 96.2 cm³/mol. The van der Waals surface area contributed by atoms with Gasteiger partial charge in [-0.25, -0.2) is 0 Å². The number of furan rings is 1. The standard InChI is InChI=1S/C22H20O3/c1-2-4-19-17(3-1)18-10-15(6-8-20(18)25-19)21-23-12-22(13-24-21)11-14-5-7-16(22)9-14/h1-8,10,14,16,21H,9,11-13H2/t14-,16+,21?,22?/m0/s1. The number of hydrogen-bond acceptors (Lipinski definition) is 3. The zero-order valence-electron chi connectivity index (χ0n) is 14.0. The third kappa shape index (κ3) is 2.00. The van der Waals surface area contributed by atoms with Gasteiger partial charge in [0.1, 0.15) is 11.2 Å². The molecule has 1 aliphatic heterocycles. The number of ether oxygens (including phenoxy) is 2. The number of para-hydroxylation sites is 1. The summed E-state index contributed by atoms with van der Waals surface area (Å²) in [6.45, 7) is 1.60. The maximum atomic E-state index is 6.21. The number of allylic oxidation sites excluding steroid dienone is 2. The summed E-state index contributed by atoms with van der Waals surface area (Å²) in [5.74, 6) is 1.38. The van der Waals surface area contributed by atoms with Crippen molar-refractivity contribution in [2.45, 2.75) is 19.1 Å². The Labute approximate surface area is 146 Å². The molecule has 25 heavy (non-hydrogen) atoms. The molecular formula is C22H20O3. The number of hydrogen-bond donors (Lipinski definition) is 0. The first-order valence-electron chi connectivity index (χ1n) is 9.14. The van der Waals surface area contributed by atoms with Crippen LogP contribution in [0.4, 0.5) is 0 Å². The molecule has 126 valence electrons. The second-order valence-electron chi connectivity index (χ2n) is 7.86. The van der Waals surface area contributed by atoms with Gasteiger partial charge >= 0.3 is 0 Å². The first-order valence-corrected chi connectivity index (χ1v) is 9.14. The van der Waals surface area contributed by atoms with E-state index in [0.717, 1.165) is 46.6 Å². The topological polar surface area (TPSA) is 31.6 Å². The van der Waals surface area contributed by atoms with Crippen molar-refractivity contribution in [3.05, 3.63) is 60.2 Å². The van der Waals surface area contributed by atoms with Gasteiger partial charge in [0.05, 0.1) is 13.2 Å². The Morgan fingerprint density at radius 1 is 0.880 bits per heavy atom. The average Bonchev–Trinajstić information content (AvgIpc) is 3.34. The summed E-state index contributed by atoms with van der Waals surface area (Å²) in [5, 5.41) is 2.27. The summed E-state index contributed by atoms with van der Waals surface area (Å²) in [7, 11) is 0. The van der Waals surface area contributed by atoms with Crippen LogP contribution in [-0.2, 0) is 9.47 Å². The summed E-state index contributed by atoms with van der Waals surface area (Å²) in [6, 6.07) is 14.4. The van der Waals surface area contributed by atoms with Gasteiger partial charge in [0.15, 0.2) is 6.29 Å². The van der Waals surface area contributed by atoms with E-state index in [4.69, 9.17) is 13.9 Å². The van der Waals surface area contributed by atoms with Gasteiger partial charge in [-0.05, 0) is 42.9 Å². The van der Waals surface area contributed by atoms with Crippen LogP contribution in [0.3, 0.4) is 0 Å².